The van der Waals surface area contributed by atoms with Crippen LogP contribution in [0.3, 0.4) is 0 Å². The second-order valence-corrected chi connectivity index (χ2v) is 6.35. The van der Waals surface area contributed by atoms with E-state index in [1.807, 2.05) is 6.07 Å². The third kappa shape index (κ3) is 3.95. The molecule has 2 rings (SSSR count). The molecule has 2 nitrogen and oxygen atoms in total. The van der Waals surface area contributed by atoms with Gasteiger partial charge in [-0.15, -0.1) is 0 Å². The van der Waals surface area contributed by atoms with Crippen molar-refractivity contribution >= 4 is 5.69 Å². The van der Waals surface area contributed by atoms with E-state index in [-0.39, 0.29) is 5.82 Å². The second kappa shape index (κ2) is 7.07. The molecule has 0 saturated heterocycles. The van der Waals surface area contributed by atoms with Crippen LogP contribution in [0.2, 0.25) is 0 Å². The Kier molecular flexibility index (Phi) is 5.41. The highest BCUT2D eigenvalue weighted by molar-refractivity contribution is 5.54. The van der Waals surface area contributed by atoms with Crippen LogP contribution < -0.4 is 10.2 Å². The first-order valence-corrected chi connectivity index (χ1v) is 7.80. The zero-order valence-corrected chi connectivity index (χ0v) is 13.0. The molecule has 1 N–H and O–H groups in total. The Morgan fingerprint density at radius 3 is 2.65 bits per heavy atom. The fourth-order valence-electron chi connectivity index (χ4n) is 3.02. The summed E-state index contributed by atoms with van der Waals surface area (Å²) in [4.78, 5) is 2.35. The quantitative estimate of drug-likeness (QED) is 0.847. The van der Waals surface area contributed by atoms with Crippen LogP contribution in [0.5, 0.6) is 0 Å². The topological polar surface area (TPSA) is 15.3 Å². The molecule has 112 valence electrons. The number of nitrogens with one attached hydrogen (secondary N) is 1. The number of anilines is 1. The fraction of sp³-hybridized carbons (Fsp3) is 0.647. The molecule has 0 aromatic heterocycles. The molecule has 1 aliphatic rings. The lowest BCUT2D eigenvalue weighted by Gasteiger charge is -2.29. The lowest BCUT2D eigenvalue weighted by molar-refractivity contribution is 0.548. The smallest absolute Gasteiger partial charge is 0.123 e. The van der Waals surface area contributed by atoms with Crippen LogP contribution in [0.4, 0.5) is 10.1 Å². The van der Waals surface area contributed by atoms with E-state index in [2.05, 4.69) is 31.1 Å². The molecule has 0 radical (unpaired) electrons. The number of hydrogen-bond donors (Lipinski definition) is 1. The summed E-state index contributed by atoms with van der Waals surface area (Å²) in [5.74, 6) is 0.467. The molecule has 1 aromatic carbocycles. The maximum atomic E-state index is 13.5. The minimum Gasteiger partial charge on any atom is -0.371 e. The SMILES string of the molecule is CC(C)CNCc1cc(F)ccc1N(C)C1CCCC1. The summed E-state index contributed by atoms with van der Waals surface area (Å²) in [7, 11) is 2.15. The molecule has 0 spiro atoms. The molecular weight excluding hydrogens is 251 g/mol. The first-order valence-electron chi connectivity index (χ1n) is 7.80. The van der Waals surface area contributed by atoms with Crippen LogP contribution in [0.25, 0.3) is 0 Å². The zero-order valence-electron chi connectivity index (χ0n) is 13.0. The minimum atomic E-state index is -0.144. The third-order valence-electron chi connectivity index (χ3n) is 4.16. The highest BCUT2D eigenvalue weighted by Crippen LogP contribution is 2.29. The number of hydrogen-bond acceptors (Lipinski definition) is 2. The number of rotatable bonds is 6. The number of nitrogens with zero attached hydrogens (tertiary/aromatic N) is 1. The van der Waals surface area contributed by atoms with Gasteiger partial charge in [0.05, 0.1) is 0 Å². The molecule has 0 heterocycles. The monoisotopic (exact) mass is 278 g/mol. The van der Waals surface area contributed by atoms with Gasteiger partial charge in [-0.1, -0.05) is 26.7 Å². The van der Waals surface area contributed by atoms with E-state index in [9.17, 15) is 4.39 Å². The molecule has 20 heavy (non-hydrogen) atoms. The molecular formula is C17H27FN2. The van der Waals surface area contributed by atoms with Crippen molar-refractivity contribution in [2.75, 3.05) is 18.5 Å². The van der Waals surface area contributed by atoms with E-state index < -0.39 is 0 Å². The van der Waals surface area contributed by atoms with Gasteiger partial charge in [0.15, 0.2) is 0 Å². The Hall–Kier alpha value is -1.09. The molecule has 0 bridgehead atoms. The lowest BCUT2D eigenvalue weighted by Crippen LogP contribution is -2.30. The Morgan fingerprint density at radius 1 is 1.30 bits per heavy atom. The zero-order chi connectivity index (χ0) is 14.5. The van der Waals surface area contributed by atoms with Gasteiger partial charge in [-0.05, 0) is 49.1 Å². The van der Waals surface area contributed by atoms with Crippen molar-refractivity contribution in [1.29, 1.82) is 0 Å². The van der Waals surface area contributed by atoms with Crippen molar-refractivity contribution in [3.05, 3.63) is 29.6 Å². The van der Waals surface area contributed by atoms with Crippen LogP contribution >= 0.6 is 0 Å². The Morgan fingerprint density at radius 2 is 2.00 bits per heavy atom. The van der Waals surface area contributed by atoms with E-state index in [4.69, 9.17) is 0 Å². The molecule has 0 unspecified atom stereocenters. The standard InChI is InChI=1S/C17H27FN2/c1-13(2)11-19-12-14-10-15(18)8-9-17(14)20(3)16-6-4-5-7-16/h8-10,13,16,19H,4-7,11-12H2,1-3H3. The van der Waals surface area contributed by atoms with Crippen molar-refractivity contribution in [1.82, 2.24) is 5.32 Å². The fourth-order valence-corrected chi connectivity index (χ4v) is 3.02. The highest BCUT2D eigenvalue weighted by atomic mass is 19.1. The van der Waals surface area contributed by atoms with E-state index in [1.54, 1.807) is 12.1 Å². The van der Waals surface area contributed by atoms with Gasteiger partial charge >= 0.3 is 0 Å². The first-order chi connectivity index (χ1) is 9.58. The van der Waals surface area contributed by atoms with Gasteiger partial charge in [0, 0.05) is 25.3 Å². The Labute approximate surface area is 122 Å². The van der Waals surface area contributed by atoms with Gasteiger partial charge in [0.25, 0.3) is 0 Å². The van der Waals surface area contributed by atoms with Gasteiger partial charge < -0.3 is 10.2 Å². The summed E-state index contributed by atoms with van der Waals surface area (Å²) in [6, 6.07) is 5.80. The molecule has 3 heteroatoms. The summed E-state index contributed by atoms with van der Waals surface area (Å²) in [6.45, 7) is 6.07. The number of benzene rings is 1. The Balaban J connectivity index is 2.09. The predicted octanol–water partition coefficient (Wildman–Crippen LogP) is 3.95. The lowest BCUT2D eigenvalue weighted by atomic mass is 10.1. The molecule has 1 aromatic rings. The predicted molar refractivity (Wildman–Crippen MR) is 83.6 cm³/mol. The Bertz CT molecular complexity index is 425. The average Bonchev–Trinajstić information content (AvgIpc) is 2.91. The largest absolute Gasteiger partial charge is 0.371 e. The molecule has 0 amide bonds. The maximum absolute atomic E-state index is 13.5. The maximum Gasteiger partial charge on any atom is 0.123 e. The molecule has 1 fully saturated rings. The molecule has 1 aliphatic carbocycles. The normalized spacial score (nSPS) is 16.1. The number of halogens is 1. The van der Waals surface area contributed by atoms with Crippen LogP contribution in [0.1, 0.15) is 45.1 Å². The van der Waals surface area contributed by atoms with Crippen molar-refractivity contribution in [3.8, 4) is 0 Å². The summed E-state index contributed by atoms with van der Waals surface area (Å²) in [5.41, 5.74) is 2.25. The molecule has 1 saturated carbocycles. The van der Waals surface area contributed by atoms with Crippen molar-refractivity contribution < 1.29 is 4.39 Å². The van der Waals surface area contributed by atoms with Gasteiger partial charge in [-0.3, -0.25) is 0 Å². The second-order valence-electron chi connectivity index (χ2n) is 6.35. The molecule has 0 atom stereocenters. The van der Waals surface area contributed by atoms with E-state index in [0.29, 0.717) is 12.0 Å². The summed E-state index contributed by atoms with van der Waals surface area (Å²) >= 11 is 0. The minimum absolute atomic E-state index is 0.144. The van der Waals surface area contributed by atoms with E-state index in [0.717, 1.165) is 18.7 Å². The van der Waals surface area contributed by atoms with Crippen LogP contribution in [-0.4, -0.2) is 19.6 Å². The summed E-state index contributed by atoms with van der Waals surface area (Å²) in [5, 5.41) is 3.42. The van der Waals surface area contributed by atoms with Crippen LogP contribution in [0.15, 0.2) is 18.2 Å². The van der Waals surface area contributed by atoms with Gasteiger partial charge in [0.2, 0.25) is 0 Å². The van der Waals surface area contributed by atoms with Crippen molar-refractivity contribution in [2.24, 2.45) is 5.92 Å². The van der Waals surface area contributed by atoms with Crippen LogP contribution in [-0.2, 0) is 6.54 Å². The van der Waals surface area contributed by atoms with Crippen LogP contribution in [0, 0.1) is 11.7 Å². The van der Waals surface area contributed by atoms with Crippen molar-refractivity contribution in [3.63, 3.8) is 0 Å². The van der Waals surface area contributed by atoms with E-state index >= 15 is 0 Å². The summed E-state index contributed by atoms with van der Waals surface area (Å²) in [6.07, 6.45) is 5.15. The van der Waals surface area contributed by atoms with Gasteiger partial charge in [-0.2, -0.15) is 0 Å². The third-order valence-corrected chi connectivity index (χ3v) is 4.16. The molecule has 0 aliphatic heterocycles. The highest BCUT2D eigenvalue weighted by Gasteiger charge is 2.21. The van der Waals surface area contributed by atoms with Crippen molar-refractivity contribution in [2.45, 2.75) is 52.1 Å². The first kappa shape index (κ1) is 15.3. The summed E-state index contributed by atoms with van der Waals surface area (Å²) < 4.78 is 13.5. The van der Waals surface area contributed by atoms with Gasteiger partial charge in [-0.25, -0.2) is 4.39 Å². The van der Waals surface area contributed by atoms with Gasteiger partial charge in [0.1, 0.15) is 5.82 Å². The average molecular weight is 278 g/mol. The van der Waals surface area contributed by atoms with E-state index in [1.165, 1.54) is 31.4 Å².